The molecule has 0 aliphatic heterocycles. The van der Waals surface area contributed by atoms with E-state index in [1.54, 1.807) is 25.2 Å². The minimum absolute atomic E-state index is 0.00410. The highest BCUT2D eigenvalue weighted by molar-refractivity contribution is 5.95. The fourth-order valence-corrected chi connectivity index (χ4v) is 3.68. The molecule has 29 heavy (non-hydrogen) atoms. The van der Waals surface area contributed by atoms with Gasteiger partial charge in [-0.2, -0.15) is 0 Å². The summed E-state index contributed by atoms with van der Waals surface area (Å²) >= 11 is 0. The minimum atomic E-state index is -0.246. The molecule has 0 aromatic heterocycles. The molecule has 0 unspecified atom stereocenters. The molecule has 1 aliphatic carbocycles. The lowest BCUT2D eigenvalue weighted by molar-refractivity contribution is -0.135. The first-order valence-corrected chi connectivity index (χ1v) is 10.2. The highest BCUT2D eigenvalue weighted by Gasteiger charge is 2.61. The molecule has 6 nitrogen and oxygen atoms in total. The van der Waals surface area contributed by atoms with E-state index in [-0.39, 0.29) is 35.6 Å². The summed E-state index contributed by atoms with van der Waals surface area (Å²) in [7, 11) is 1.68. The van der Waals surface area contributed by atoms with E-state index in [2.05, 4.69) is 25.2 Å². The fraction of sp³-hybridized carbons (Fsp3) is 0.565. The predicted molar refractivity (Wildman–Crippen MR) is 115 cm³/mol. The Morgan fingerprint density at radius 2 is 1.76 bits per heavy atom. The second-order valence-electron chi connectivity index (χ2n) is 8.34. The number of hydrogen-bond donors (Lipinski definition) is 1. The van der Waals surface area contributed by atoms with Crippen molar-refractivity contribution in [2.75, 3.05) is 32.1 Å². The van der Waals surface area contributed by atoms with Gasteiger partial charge in [-0.1, -0.05) is 25.5 Å². The molecular formula is C23H34N2O4. The molecule has 1 saturated carbocycles. The molecule has 1 fully saturated rings. The van der Waals surface area contributed by atoms with Gasteiger partial charge in [-0.15, -0.1) is 0 Å². The molecule has 6 heteroatoms. The number of rotatable bonds is 9. The monoisotopic (exact) mass is 402 g/mol. The van der Waals surface area contributed by atoms with Gasteiger partial charge >= 0.3 is 0 Å². The Balaban J connectivity index is 1.99. The normalized spacial score (nSPS) is 19.1. The number of likely N-dealkylation sites (N-methyl/N-ethyl adjacent to an activating group) is 1. The number of carbonyl (C=O) groups excluding carboxylic acids is 2. The van der Waals surface area contributed by atoms with E-state index in [1.165, 1.54) is 10.5 Å². The zero-order valence-electron chi connectivity index (χ0n) is 18.7. The van der Waals surface area contributed by atoms with E-state index < -0.39 is 0 Å². The van der Waals surface area contributed by atoms with Gasteiger partial charge in [0.05, 0.1) is 25.7 Å². The molecule has 1 N–H and O–H groups in total. The summed E-state index contributed by atoms with van der Waals surface area (Å²) in [6.45, 7) is 13.1. The van der Waals surface area contributed by atoms with Gasteiger partial charge in [0.1, 0.15) is 0 Å². The third kappa shape index (κ3) is 5.52. The molecule has 1 aliphatic rings. The summed E-state index contributed by atoms with van der Waals surface area (Å²) in [4.78, 5) is 26.8. The predicted octanol–water partition coefficient (Wildman–Crippen LogP) is 4.12. The lowest BCUT2D eigenvalue weighted by atomic mass is 10.1. The van der Waals surface area contributed by atoms with Crippen LogP contribution in [0.1, 0.15) is 41.5 Å². The van der Waals surface area contributed by atoms with Gasteiger partial charge in [0.2, 0.25) is 11.8 Å². The van der Waals surface area contributed by atoms with Crippen molar-refractivity contribution in [1.29, 1.82) is 0 Å². The molecular weight excluding hydrogens is 368 g/mol. The first-order valence-electron chi connectivity index (χ1n) is 10.2. The Labute approximate surface area is 174 Å². The molecule has 0 spiro atoms. The first kappa shape index (κ1) is 22.8. The van der Waals surface area contributed by atoms with Crippen molar-refractivity contribution in [1.82, 2.24) is 4.90 Å². The van der Waals surface area contributed by atoms with Gasteiger partial charge in [0, 0.05) is 18.8 Å². The highest BCUT2D eigenvalue weighted by Crippen LogP contribution is 2.59. The van der Waals surface area contributed by atoms with Crippen molar-refractivity contribution < 1.29 is 19.1 Å². The zero-order valence-corrected chi connectivity index (χ0v) is 18.7. The highest BCUT2D eigenvalue weighted by atomic mass is 16.5. The summed E-state index contributed by atoms with van der Waals surface area (Å²) in [5.74, 6) is 1.14. The molecule has 0 radical (unpaired) electrons. The Hall–Kier alpha value is -2.50. The maximum absolute atomic E-state index is 12.8. The van der Waals surface area contributed by atoms with Gasteiger partial charge in [-0.05, 0) is 51.2 Å². The largest absolute Gasteiger partial charge is 0.490 e. The molecule has 0 bridgehead atoms. The van der Waals surface area contributed by atoms with E-state index in [0.717, 1.165) is 0 Å². The number of amides is 2. The maximum atomic E-state index is 12.8. The fourth-order valence-electron chi connectivity index (χ4n) is 3.68. The molecule has 2 rings (SSSR count). The Morgan fingerprint density at radius 3 is 2.34 bits per heavy atom. The number of carbonyl (C=O) groups is 2. The van der Waals surface area contributed by atoms with Crippen LogP contribution in [0.3, 0.4) is 0 Å². The van der Waals surface area contributed by atoms with Gasteiger partial charge in [-0.3, -0.25) is 9.59 Å². The number of benzene rings is 1. The van der Waals surface area contributed by atoms with Crippen LogP contribution >= 0.6 is 0 Å². The second kappa shape index (κ2) is 9.33. The van der Waals surface area contributed by atoms with Gasteiger partial charge in [0.15, 0.2) is 11.5 Å². The number of allylic oxidation sites excluding steroid dienone is 2. The number of ether oxygens (including phenoxy) is 2. The Kier molecular flexibility index (Phi) is 7.33. The summed E-state index contributed by atoms with van der Waals surface area (Å²) in [5.41, 5.74) is 1.75. The average Bonchev–Trinajstić information content (AvgIpc) is 3.15. The second-order valence-corrected chi connectivity index (χ2v) is 8.34. The molecule has 1 aromatic rings. The topological polar surface area (TPSA) is 67.9 Å². The number of anilines is 1. The van der Waals surface area contributed by atoms with Crippen LogP contribution in [0.2, 0.25) is 0 Å². The lowest BCUT2D eigenvalue weighted by Crippen LogP contribution is -2.36. The van der Waals surface area contributed by atoms with Crippen LogP contribution in [0.15, 0.2) is 29.8 Å². The van der Waals surface area contributed by atoms with Crippen LogP contribution in [-0.4, -0.2) is 43.5 Å². The van der Waals surface area contributed by atoms with Crippen LogP contribution in [-0.2, 0) is 9.59 Å². The van der Waals surface area contributed by atoms with E-state index in [0.29, 0.717) is 30.4 Å². The summed E-state index contributed by atoms with van der Waals surface area (Å²) in [6.07, 6.45) is 2.16. The van der Waals surface area contributed by atoms with Crippen molar-refractivity contribution in [3.05, 3.63) is 29.8 Å². The SMILES string of the molecule is CCOc1ccc(NC(=O)CN(C)C(=O)[C@H]2[C@@H](C=C(C)C)C2(C)C)cc1OCC. The van der Waals surface area contributed by atoms with Crippen molar-refractivity contribution in [3.63, 3.8) is 0 Å². The van der Waals surface area contributed by atoms with Crippen molar-refractivity contribution in [2.24, 2.45) is 17.3 Å². The van der Waals surface area contributed by atoms with Gasteiger partial charge in [-0.25, -0.2) is 0 Å². The minimum Gasteiger partial charge on any atom is -0.490 e. The third-order valence-electron chi connectivity index (χ3n) is 5.27. The smallest absolute Gasteiger partial charge is 0.243 e. The molecule has 2 atom stereocenters. The van der Waals surface area contributed by atoms with Crippen LogP contribution in [0.5, 0.6) is 11.5 Å². The van der Waals surface area contributed by atoms with Crippen LogP contribution < -0.4 is 14.8 Å². The van der Waals surface area contributed by atoms with Crippen LogP contribution in [0.4, 0.5) is 5.69 Å². The summed E-state index contributed by atoms with van der Waals surface area (Å²) in [5, 5.41) is 2.84. The van der Waals surface area contributed by atoms with Crippen LogP contribution in [0, 0.1) is 17.3 Å². The van der Waals surface area contributed by atoms with Crippen LogP contribution in [0.25, 0.3) is 0 Å². The lowest BCUT2D eigenvalue weighted by Gasteiger charge is -2.18. The third-order valence-corrected chi connectivity index (χ3v) is 5.27. The van der Waals surface area contributed by atoms with Crippen molar-refractivity contribution in [2.45, 2.75) is 41.5 Å². The number of nitrogens with one attached hydrogen (secondary N) is 1. The van der Waals surface area contributed by atoms with E-state index in [9.17, 15) is 9.59 Å². The van der Waals surface area contributed by atoms with Crippen molar-refractivity contribution in [3.8, 4) is 11.5 Å². The average molecular weight is 403 g/mol. The summed E-state index contributed by atoms with van der Waals surface area (Å²) < 4.78 is 11.1. The Bertz CT molecular complexity index is 781. The number of hydrogen-bond acceptors (Lipinski definition) is 4. The van der Waals surface area contributed by atoms with E-state index >= 15 is 0 Å². The van der Waals surface area contributed by atoms with Crippen molar-refractivity contribution >= 4 is 17.5 Å². The number of nitrogens with zero attached hydrogens (tertiary/aromatic N) is 1. The van der Waals surface area contributed by atoms with Gasteiger partial charge < -0.3 is 19.7 Å². The standard InChI is InChI=1S/C23H34N2O4/c1-8-28-18-11-10-16(13-19(18)29-9-2)24-20(26)14-25(7)22(27)21-17(12-15(3)4)23(21,5)6/h10-13,17,21H,8-9,14H2,1-7H3,(H,24,26)/t17-,21-/m1/s1. The first-order chi connectivity index (χ1) is 13.6. The summed E-state index contributed by atoms with van der Waals surface area (Å²) in [6, 6.07) is 5.28. The molecule has 2 amide bonds. The molecule has 1 aromatic carbocycles. The molecule has 0 heterocycles. The zero-order chi connectivity index (χ0) is 21.8. The Morgan fingerprint density at radius 1 is 1.14 bits per heavy atom. The van der Waals surface area contributed by atoms with Gasteiger partial charge in [0.25, 0.3) is 0 Å². The molecule has 160 valence electrons. The maximum Gasteiger partial charge on any atom is 0.243 e. The van der Waals surface area contributed by atoms with E-state index in [4.69, 9.17) is 9.47 Å². The quantitative estimate of drug-likeness (QED) is 0.631. The molecule has 0 saturated heterocycles. The van der Waals surface area contributed by atoms with E-state index in [1.807, 2.05) is 27.7 Å².